The smallest absolute Gasteiger partial charge is 0.320 e. The monoisotopic (exact) mass is 354 g/mol. The lowest BCUT2D eigenvalue weighted by atomic mass is 9.96. The van der Waals surface area contributed by atoms with Gasteiger partial charge in [0.25, 0.3) is 0 Å². The van der Waals surface area contributed by atoms with Crippen LogP contribution in [0.15, 0.2) is 0 Å². The van der Waals surface area contributed by atoms with Crippen LogP contribution < -0.4 is 0 Å². The molecule has 2 rings (SSSR count). The van der Waals surface area contributed by atoms with Gasteiger partial charge in [-0.1, -0.05) is 26.7 Å². The summed E-state index contributed by atoms with van der Waals surface area (Å²) in [5.41, 5.74) is -0.366. The normalized spacial score (nSPS) is 20.2. The van der Waals surface area contributed by atoms with E-state index in [9.17, 15) is 9.59 Å². The van der Waals surface area contributed by atoms with Crippen molar-refractivity contribution in [3.05, 3.63) is 0 Å². The fourth-order valence-electron chi connectivity index (χ4n) is 3.28. The number of piperidine rings is 2. The molecule has 6 heteroatoms. The number of likely N-dealkylation sites (tertiary alicyclic amines) is 2. The Morgan fingerprint density at radius 2 is 1.08 bits per heavy atom. The van der Waals surface area contributed by atoms with E-state index in [-0.39, 0.29) is 30.6 Å². The summed E-state index contributed by atoms with van der Waals surface area (Å²) in [5, 5.41) is 0. The van der Waals surface area contributed by atoms with Gasteiger partial charge in [-0.3, -0.25) is 19.4 Å². The Bertz CT molecular complexity index is 389. The fraction of sp³-hybridized carbons (Fsp3) is 0.895. The van der Waals surface area contributed by atoms with Crippen LogP contribution in [0.4, 0.5) is 0 Å². The second-order valence-electron chi connectivity index (χ2n) is 8.16. The highest BCUT2D eigenvalue weighted by atomic mass is 16.5. The number of hydrogen-bond donors (Lipinski definition) is 0. The molecule has 0 aromatic rings. The van der Waals surface area contributed by atoms with Crippen molar-refractivity contribution in [2.75, 3.05) is 52.5 Å². The molecule has 0 bridgehead atoms. The van der Waals surface area contributed by atoms with Gasteiger partial charge < -0.3 is 9.47 Å². The van der Waals surface area contributed by atoms with E-state index in [1.165, 1.54) is 12.8 Å². The summed E-state index contributed by atoms with van der Waals surface area (Å²) in [4.78, 5) is 28.3. The molecule has 0 unspecified atom stereocenters. The lowest BCUT2D eigenvalue weighted by molar-refractivity contribution is -0.154. The Kier molecular flexibility index (Phi) is 8.16. The van der Waals surface area contributed by atoms with Crippen LogP contribution in [0.2, 0.25) is 0 Å². The van der Waals surface area contributed by atoms with Crippen LogP contribution >= 0.6 is 0 Å². The van der Waals surface area contributed by atoms with Crippen molar-refractivity contribution >= 4 is 11.9 Å². The Hall–Kier alpha value is -1.14. The van der Waals surface area contributed by atoms with Gasteiger partial charge in [0.15, 0.2) is 0 Å². The van der Waals surface area contributed by atoms with Gasteiger partial charge in [-0.05, 0) is 51.9 Å². The third-order valence-corrected chi connectivity index (χ3v) is 4.85. The first-order valence-corrected chi connectivity index (χ1v) is 9.71. The van der Waals surface area contributed by atoms with Gasteiger partial charge in [0.2, 0.25) is 0 Å². The average Bonchev–Trinajstić information content (AvgIpc) is 2.60. The molecule has 2 fully saturated rings. The van der Waals surface area contributed by atoms with Crippen LogP contribution in [0.3, 0.4) is 0 Å². The predicted molar refractivity (Wildman–Crippen MR) is 96.3 cm³/mol. The van der Waals surface area contributed by atoms with Crippen LogP contribution in [0.25, 0.3) is 0 Å². The van der Waals surface area contributed by atoms with Crippen LogP contribution in [0.5, 0.6) is 0 Å². The zero-order valence-electron chi connectivity index (χ0n) is 15.9. The molecule has 0 N–H and O–H groups in total. The summed E-state index contributed by atoms with van der Waals surface area (Å²) in [7, 11) is 0. The van der Waals surface area contributed by atoms with E-state index in [0.29, 0.717) is 13.1 Å². The molecule has 2 heterocycles. The van der Waals surface area contributed by atoms with E-state index < -0.39 is 0 Å². The minimum Gasteiger partial charge on any atom is -0.464 e. The molecule has 0 amide bonds. The van der Waals surface area contributed by atoms with Crippen LogP contribution in [-0.2, 0) is 19.1 Å². The van der Waals surface area contributed by atoms with Crippen molar-refractivity contribution in [1.29, 1.82) is 0 Å². The molecule has 2 aliphatic rings. The molecule has 2 saturated heterocycles. The molecule has 0 aliphatic carbocycles. The molecule has 25 heavy (non-hydrogen) atoms. The van der Waals surface area contributed by atoms with Gasteiger partial charge in [0.1, 0.15) is 0 Å². The highest BCUT2D eigenvalue weighted by Crippen LogP contribution is 2.17. The predicted octanol–water partition coefficient (Wildman–Crippen LogP) is 2.07. The highest BCUT2D eigenvalue weighted by molar-refractivity contribution is 5.72. The molecule has 0 saturated carbocycles. The van der Waals surface area contributed by atoms with E-state index in [2.05, 4.69) is 9.80 Å². The quantitative estimate of drug-likeness (QED) is 0.622. The molecule has 0 atom stereocenters. The lowest BCUT2D eigenvalue weighted by Crippen LogP contribution is -2.38. The Morgan fingerprint density at radius 1 is 0.720 bits per heavy atom. The minimum absolute atomic E-state index is 0.186. The van der Waals surface area contributed by atoms with Gasteiger partial charge in [0.05, 0.1) is 26.3 Å². The summed E-state index contributed by atoms with van der Waals surface area (Å²) in [6.07, 6.45) is 7.14. The molecule has 144 valence electrons. The minimum atomic E-state index is -0.366. The zero-order valence-corrected chi connectivity index (χ0v) is 15.9. The second-order valence-corrected chi connectivity index (χ2v) is 8.16. The van der Waals surface area contributed by atoms with E-state index in [0.717, 1.165) is 51.9 Å². The first kappa shape index (κ1) is 20.2. The van der Waals surface area contributed by atoms with Gasteiger partial charge in [0, 0.05) is 5.41 Å². The average molecular weight is 354 g/mol. The molecule has 0 aromatic heterocycles. The molecule has 0 aromatic carbocycles. The zero-order chi connectivity index (χ0) is 18.1. The molecule has 0 spiro atoms. The van der Waals surface area contributed by atoms with Crippen molar-refractivity contribution in [3.63, 3.8) is 0 Å². The standard InChI is InChI=1S/C19H34N2O4/c1-19(2,15-24-17(22)13-20-9-5-3-6-10-20)16-25-18(23)14-21-11-7-4-8-12-21/h3-16H2,1-2H3. The Labute approximate surface area is 151 Å². The fourth-order valence-corrected chi connectivity index (χ4v) is 3.28. The maximum absolute atomic E-state index is 12.0. The van der Waals surface area contributed by atoms with Crippen molar-refractivity contribution in [2.24, 2.45) is 5.41 Å². The van der Waals surface area contributed by atoms with Crippen LogP contribution in [0, 0.1) is 5.41 Å². The number of esters is 2. The third-order valence-electron chi connectivity index (χ3n) is 4.85. The Balaban J connectivity index is 1.61. The summed E-state index contributed by atoms with van der Waals surface area (Å²) >= 11 is 0. The van der Waals surface area contributed by atoms with E-state index in [4.69, 9.17) is 9.47 Å². The summed E-state index contributed by atoms with van der Waals surface area (Å²) in [6.45, 7) is 9.10. The van der Waals surface area contributed by atoms with Gasteiger partial charge >= 0.3 is 11.9 Å². The number of nitrogens with zero attached hydrogens (tertiary/aromatic N) is 2. The lowest BCUT2D eigenvalue weighted by Gasteiger charge is -2.28. The molecule has 6 nitrogen and oxygen atoms in total. The number of ether oxygens (including phenoxy) is 2. The van der Waals surface area contributed by atoms with Crippen molar-refractivity contribution in [3.8, 4) is 0 Å². The maximum atomic E-state index is 12.0. The first-order valence-electron chi connectivity index (χ1n) is 9.71. The molecular formula is C19H34N2O4. The van der Waals surface area contributed by atoms with Crippen LogP contribution in [-0.4, -0.2) is 74.2 Å². The van der Waals surface area contributed by atoms with E-state index in [1.54, 1.807) is 0 Å². The number of rotatable bonds is 8. The largest absolute Gasteiger partial charge is 0.464 e. The SMILES string of the molecule is CC(C)(COC(=O)CN1CCCCC1)COC(=O)CN1CCCCC1. The Morgan fingerprint density at radius 3 is 1.44 bits per heavy atom. The second kappa shape index (κ2) is 10.1. The van der Waals surface area contributed by atoms with E-state index in [1.807, 2.05) is 13.8 Å². The van der Waals surface area contributed by atoms with E-state index >= 15 is 0 Å². The highest BCUT2D eigenvalue weighted by Gasteiger charge is 2.24. The molecular weight excluding hydrogens is 320 g/mol. The van der Waals surface area contributed by atoms with Gasteiger partial charge in [-0.25, -0.2) is 0 Å². The summed E-state index contributed by atoms with van der Waals surface area (Å²) in [6, 6.07) is 0. The van der Waals surface area contributed by atoms with Gasteiger partial charge in [-0.15, -0.1) is 0 Å². The summed E-state index contributed by atoms with van der Waals surface area (Å²) in [5.74, 6) is -0.371. The van der Waals surface area contributed by atoms with Crippen molar-refractivity contribution in [2.45, 2.75) is 52.4 Å². The topological polar surface area (TPSA) is 59.1 Å². The number of hydrogen-bond acceptors (Lipinski definition) is 6. The van der Waals surface area contributed by atoms with Crippen molar-refractivity contribution in [1.82, 2.24) is 9.80 Å². The first-order chi connectivity index (χ1) is 11.9. The number of carbonyl (C=O) groups excluding carboxylic acids is 2. The third kappa shape index (κ3) is 8.19. The van der Waals surface area contributed by atoms with Gasteiger partial charge in [-0.2, -0.15) is 0 Å². The van der Waals surface area contributed by atoms with Crippen LogP contribution in [0.1, 0.15) is 52.4 Å². The number of carbonyl (C=O) groups is 2. The maximum Gasteiger partial charge on any atom is 0.320 e. The van der Waals surface area contributed by atoms with Crippen molar-refractivity contribution < 1.29 is 19.1 Å². The molecule has 2 aliphatic heterocycles. The molecule has 0 radical (unpaired) electrons. The summed E-state index contributed by atoms with van der Waals surface area (Å²) < 4.78 is 10.8.